The highest BCUT2D eigenvalue weighted by atomic mass is 16.5. The largest absolute Gasteiger partial charge is 0.457 e. The minimum atomic E-state index is -0.0505. The summed E-state index contributed by atoms with van der Waals surface area (Å²) in [6, 6.07) is 49.1. The van der Waals surface area contributed by atoms with Gasteiger partial charge in [-0.3, -0.25) is 4.57 Å². The first kappa shape index (κ1) is 39.6. The van der Waals surface area contributed by atoms with Gasteiger partial charge < -0.3 is 14.5 Å². The van der Waals surface area contributed by atoms with Crippen LogP contribution in [-0.4, -0.2) is 16.2 Å². The van der Waals surface area contributed by atoms with Gasteiger partial charge in [-0.15, -0.1) is 0 Å². The Morgan fingerprint density at radius 3 is 1.89 bits per heavy atom. The van der Waals surface area contributed by atoms with E-state index in [0.29, 0.717) is 12.4 Å². The van der Waals surface area contributed by atoms with Crippen LogP contribution >= 0.6 is 0 Å². The summed E-state index contributed by atoms with van der Waals surface area (Å²) >= 11 is 0. The minimum Gasteiger partial charge on any atom is -0.457 e. The van der Waals surface area contributed by atoms with Gasteiger partial charge in [-0.25, -0.2) is 9.83 Å². The summed E-state index contributed by atoms with van der Waals surface area (Å²) in [5.41, 5.74) is 13.0. The van der Waals surface area contributed by atoms with E-state index in [0.717, 1.165) is 61.6 Å². The number of para-hydroxylation sites is 3. The number of fused-ring (bicyclic) bond motifs is 4. The molecular formula is C55H53N5O. The molecule has 6 nitrogen and oxygen atoms in total. The smallest absolute Gasteiger partial charge is 0.194 e. The Morgan fingerprint density at radius 1 is 0.541 bits per heavy atom. The van der Waals surface area contributed by atoms with Crippen LogP contribution in [-0.2, 0) is 16.2 Å². The Morgan fingerprint density at radius 2 is 1.20 bits per heavy atom. The zero-order valence-corrected chi connectivity index (χ0v) is 36.7. The second-order valence-corrected chi connectivity index (χ2v) is 19.4. The van der Waals surface area contributed by atoms with Gasteiger partial charge in [0.1, 0.15) is 24.0 Å². The van der Waals surface area contributed by atoms with Crippen LogP contribution in [0.5, 0.6) is 11.5 Å². The van der Waals surface area contributed by atoms with E-state index in [1.807, 2.05) is 36.5 Å². The van der Waals surface area contributed by atoms with Crippen LogP contribution in [0.3, 0.4) is 0 Å². The standard InChI is InChI=1S/C55H53N5O/c1-53(2,3)37-26-27-57-52(32-37)60-48-25-22-36(44-18-11-12-19-47(44)56-10)28-46(48)45-24-23-43(34-51(45)60)61-42-17-15-16-40(33-42)58-35-59(50-21-14-13-20-49(50)58)41-30-38(54(4,5)6)29-39(31-41)55(7,8)9/h11-34H,35H2,1-9H3. The highest BCUT2D eigenvalue weighted by Gasteiger charge is 2.30. The molecule has 0 saturated carbocycles. The van der Waals surface area contributed by atoms with E-state index >= 15 is 0 Å². The average Bonchev–Trinajstić information content (AvgIpc) is 3.78. The number of hydrogen-bond acceptors (Lipinski definition) is 4. The molecule has 0 unspecified atom stereocenters. The fraction of sp³-hybridized carbons (Fsp3) is 0.236. The molecule has 61 heavy (non-hydrogen) atoms. The molecule has 0 atom stereocenters. The molecule has 0 amide bonds. The predicted octanol–water partition coefficient (Wildman–Crippen LogP) is 15.3. The topological polar surface area (TPSA) is 37.9 Å². The van der Waals surface area contributed by atoms with Crippen LogP contribution in [0.1, 0.15) is 79.0 Å². The SMILES string of the molecule is [C-]#[N+]c1ccccc1-c1ccc2c(c1)c1ccc(Oc3cccc(N4CN(c5cc(C(C)(C)C)cc(C(C)(C)C)c5)c5ccccc54)c3)cc1n2-c1cc(C(C)(C)C)ccn1. The van der Waals surface area contributed by atoms with Crippen molar-refractivity contribution in [3.63, 3.8) is 0 Å². The van der Waals surface area contributed by atoms with Gasteiger partial charge in [-0.05, 0) is 117 Å². The Kier molecular flexibility index (Phi) is 9.55. The van der Waals surface area contributed by atoms with Crippen LogP contribution in [0.4, 0.5) is 28.4 Å². The second-order valence-electron chi connectivity index (χ2n) is 19.4. The molecule has 0 saturated heterocycles. The monoisotopic (exact) mass is 799 g/mol. The third-order valence-electron chi connectivity index (χ3n) is 12.0. The van der Waals surface area contributed by atoms with Gasteiger partial charge in [0.2, 0.25) is 0 Å². The van der Waals surface area contributed by atoms with E-state index < -0.39 is 0 Å². The predicted molar refractivity (Wildman–Crippen MR) is 255 cm³/mol. The molecule has 6 heteroatoms. The fourth-order valence-corrected chi connectivity index (χ4v) is 8.44. The van der Waals surface area contributed by atoms with Crippen molar-refractivity contribution < 1.29 is 4.74 Å². The fourth-order valence-electron chi connectivity index (χ4n) is 8.44. The lowest BCUT2D eigenvalue weighted by Crippen LogP contribution is -2.25. The summed E-state index contributed by atoms with van der Waals surface area (Å²) in [4.78, 5) is 13.6. The van der Waals surface area contributed by atoms with Gasteiger partial charge in [0.25, 0.3) is 0 Å². The molecule has 8 aromatic rings. The third-order valence-corrected chi connectivity index (χ3v) is 12.0. The third kappa shape index (κ3) is 7.40. The Balaban J connectivity index is 1.11. The van der Waals surface area contributed by atoms with Crippen molar-refractivity contribution in [1.82, 2.24) is 9.55 Å². The second kappa shape index (κ2) is 14.7. The van der Waals surface area contributed by atoms with E-state index in [1.54, 1.807) is 0 Å². The highest BCUT2D eigenvalue weighted by molar-refractivity contribution is 6.11. The maximum absolute atomic E-state index is 7.81. The number of benzene rings is 6. The van der Waals surface area contributed by atoms with Gasteiger partial charge in [0, 0.05) is 40.5 Å². The van der Waals surface area contributed by atoms with Gasteiger partial charge in [0.05, 0.1) is 29.0 Å². The minimum absolute atomic E-state index is 0.0130. The molecule has 0 N–H and O–H groups in total. The maximum atomic E-state index is 7.81. The van der Waals surface area contributed by atoms with Crippen LogP contribution in [0.15, 0.2) is 146 Å². The van der Waals surface area contributed by atoms with E-state index in [-0.39, 0.29) is 16.2 Å². The molecule has 0 fully saturated rings. The quantitative estimate of drug-likeness (QED) is 0.157. The summed E-state index contributed by atoms with van der Waals surface area (Å²) in [7, 11) is 0. The molecule has 0 radical (unpaired) electrons. The van der Waals surface area contributed by atoms with Crippen molar-refractivity contribution in [3.05, 3.63) is 174 Å². The van der Waals surface area contributed by atoms with E-state index in [1.165, 1.54) is 28.1 Å². The number of ether oxygens (including phenoxy) is 1. The first-order valence-corrected chi connectivity index (χ1v) is 21.2. The maximum Gasteiger partial charge on any atom is 0.194 e. The zero-order valence-electron chi connectivity index (χ0n) is 36.7. The molecule has 1 aliphatic rings. The molecule has 0 spiro atoms. The van der Waals surface area contributed by atoms with E-state index in [9.17, 15) is 0 Å². The molecule has 2 aromatic heterocycles. The Labute approximate surface area is 360 Å². The highest BCUT2D eigenvalue weighted by Crippen LogP contribution is 2.47. The number of anilines is 4. The number of hydrogen-bond donors (Lipinski definition) is 0. The van der Waals surface area contributed by atoms with Crippen molar-refractivity contribution in [2.45, 2.75) is 78.6 Å². The summed E-state index contributed by atoms with van der Waals surface area (Å²) in [6.07, 6.45) is 1.90. The number of aromatic nitrogens is 2. The van der Waals surface area contributed by atoms with Crippen molar-refractivity contribution >= 4 is 50.2 Å². The van der Waals surface area contributed by atoms with Crippen LogP contribution in [0.25, 0.3) is 43.6 Å². The first-order valence-electron chi connectivity index (χ1n) is 21.2. The van der Waals surface area contributed by atoms with Gasteiger partial charge >= 0.3 is 0 Å². The summed E-state index contributed by atoms with van der Waals surface area (Å²) in [6.45, 7) is 28.9. The van der Waals surface area contributed by atoms with Crippen LogP contribution < -0.4 is 14.5 Å². The van der Waals surface area contributed by atoms with Gasteiger partial charge in [-0.1, -0.05) is 117 Å². The molecule has 304 valence electrons. The van der Waals surface area contributed by atoms with Gasteiger partial charge in [0.15, 0.2) is 5.69 Å². The molecule has 6 aromatic carbocycles. The molecule has 0 bridgehead atoms. The average molecular weight is 800 g/mol. The van der Waals surface area contributed by atoms with E-state index in [2.05, 4.69) is 191 Å². The molecule has 9 rings (SSSR count). The summed E-state index contributed by atoms with van der Waals surface area (Å²) in [5.74, 6) is 2.34. The van der Waals surface area contributed by atoms with Crippen molar-refractivity contribution in [2.24, 2.45) is 0 Å². The summed E-state index contributed by atoms with van der Waals surface area (Å²) < 4.78 is 9.01. The molecule has 0 aliphatic carbocycles. The summed E-state index contributed by atoms with van der Waals surface area (Å²) in [5, 5.41) is 2.17. The normalized spacial score (nSPS) is 13.2. The van der Waals surface area contributed by atoms with E-state index in [4.69, 9.17) is 16.3 Å². The lowest BCUT2D eigenvalue weighted by Gasteiger charge is -2.29. The Hall–Kier alpha value is -6.84. The lowest BCUT2D eigenvalue weighted by atomic mass is 9.80. The van der Waals surface area contributed by atoms with Crippen LogP contribution in [0, 0.1) is 6.57 Å². The van der Waals surface area contributed by atoms with Crippen molar-refractivity contribution in [2.75, 3.05) is 16.5 Å². The first-order chi connectivity index (χ1) is 29.1. The Bertz CT molecular complexity index is 2990. The van der Waals surface area contributed by atoms with Crippen molar-refractivity contribution in [3.8, 4) is 28.4 Å². The molecular weight excluding hydrogens is 747 g/mol. The lowest BCUT2D eigenvalue weighted by molar-refractivity contribution is 0.483. The molecule has 3 heterocycles. The number of nitrogens with zero attached hydrogens (tertiary/aromatic N) is 5. The zero-order chi connectivity index (χ0) is 42.8. The van der Waals surface area contributed by atoms with Crippen molar-refractivity contribution in [1.29, 1.82) is 0 Å². The van der Waals surface area contributed by atoms with Crippen LogP contribution in [0.2, 0.25) is 0 Å². The number of pyridine rings is 1. The number of rotatable bonds is 6. The van der Waals surface area contributed by atoms with Gasteiger partial charge in [-0.2, -0.15) is 0 Å². The molecule has 1 aliphatic heterocycles.